The highest BCUT2D eigenvalue weighted by molar-refractivity contribution is 5.24. The molecule has 0 unspecified atom stereocenters. The van der Waals surface area contributed by atoms with Crippen molar-refractivity contribution in [2.24, 2.45) is 5.73 Å². The molecule has 1 aromatic rings. The Kier molecular flexibility index (Phi) is 3.23. The number of nitrogens with two attached hydrogens (primary N) is 1. The third-order valence-electron chi connectivity index (χ3n) is 1.68. The normalized spacial score (nSPS) is 11.8. The lowest BCUT2D eigenvalue weighted by atomic mass is 10.1. The van der Waals surface area contributed by atoms with E-state index in [1.165, 1.54) is 0 Å². The number of pyridine rings is 1. The van der Waals surface area contributed by atoms with Gasteiger partial charge in [-0.05, 0) is 6.07 Å². The number of hydrogen-bond donors (Lipinski definition) is 1. The maximum Gasteiger partial charge on any atom is 0.122 e. The smallest absolute Gasteiger partial charge is 0.122 e. The number of nitriles is 1. The minimum atomic E-state index is -0.333. The van der Waals surface area contributed by atoms with Gasteiger partial charge in [-0.15, -0.1) is 0 Å². The minimum absolute atomic E-state index is 0.264. The number of nitrogens with zero attached hydrogens (tertiary/aromatic N) is 2. The number of methoxy groups -OCH3 is 1. The van der Waals surface area contributed by atoms with Crippen molar-refractivity contribution < 1.29 is 4.74 Å². The summed E-state index contributed by atoms with van der Waals surface area (Å²) in [4.78, 5) is 4.05. The van der Waals surface area contributed by atoms with Crippen molar-refractivity contribution in [1.29, 1.82) is 5.26 Å². The molecule has 4 heteroatoms. The zero-order valence-corrected chi connectivity index (χ0v) is 7.40. The Morgan fingerprint density at radius 2 is 2.54 bits per heavy atom. The summed E-state index contributed by atoms with van der Waals surface area (Å²) in [6.45, 7) is 0. The van der Waals surface area contributed by atoms with E-state index in [0.29, 0.717) is 11.4 Å². The van der Waals surface area contributed by atoms with Gasteiger partial charge >= 0.3 is 0 Å². The highest BCUT2D eigenvalue weighted by Gasteiger charge is 2.07. The van der Waals surface area contributed by atoms with Gasteiger partial charge in [-0.3, -0.25) is 4.98 Å². The van der Waals surface area contributed by atoms with Crippen LogP contribution >= 0.6 is 0 Å². The molecule has 2 N–H and O–H groups in total. The Morgan fingerprint density at radius 3 is 3.15 bits per heavy atom. The zero-order valence-electron chi connectivity index (χ0n) is 7.40. The van der Waals surface area contributed by atoms with Crippen molar-refractivity contribution in [2.75, 3.05) is 7.11 Å². The average Bonchev–Trinajstić information content (AvgIpc) is 2.18. The second-order valence-electron chi connectivity index (χ2n) is 2.59. The fourth-order valence-corrected chi connectivity index (χ4v) is 0.961. The third-order valence-corrected chi connectivity index (χ3v) is 1.68. The summed E-state index contributed by atoms with van der Waals surface area (Å²) >= 11 is 0. The molecule has 1 atom stereocenters. The van der Waals surface area contributed by atoms with Crippen LogP contribution in [-0.4, -0.2) is 12.1 Å². The molecule has 0 spiro atoms. The van der Waals surface area contributed by atoms with E-state index in [4.69, 9.17) is 15.7 Å². The van der Waals surface area contributed by atoms with Crippen LogP contribution in [0.1, 0.15) is 18.2 Å². The number of rotatable bonds is 3. The van der Waals surface area contributed by atoms with Gasteiger partial charge in [-0.1, -0.05) is 0 Å². The molecule has 0 radical (unpaired) electrons. The van der Waals surface area contributed by atoms with Crippen LogP contribution in [0.15, 0.2) is 18.3 Å². The molecule has 0 aliphatic carbocycles. The molecule has 0 aliphatic heterocycles. The van der Waals surface area contributed by atoms with E-state index in [2.05, 4.69) is 4.98 Å². The molecule has 0 saturated heterocycles. The first-order valence-electron chi connectivity index (χ1n) is 3.90. The van der Waals surface area contributed by atoms with Crippen LogP contribution in [0.5, 0.6) is 5.75 Å². The SMILES string of the molecule is COc1ccnc([C@@H](N)CC#N)c1. The second kappa shape index (κ2) is 4.43. The van der Waals surface area contributed by atoms with Gasteiger partial charge in [-0.25, -0.2) is 0 Å². The summed E-state index contributed by atoms with van der Waals surface area (Å²) in [6.07, 6.45) is 1.88. The predicted molar refractivity (Wildman–Crippen MR) is 47.9 cm³/mol. The molecule has 1 rings (SSSR count). The van der Waals surface area contributed by atoms with E-state index < -0.39 is 0 Å². The molecule has 13 heavy (non-hydrogen) atoms. The zero-order chi connectivity index (χ0) is 9.68. The van der Waals surface area contributed by atoms with Crippen molar-refractivity contribution in [3.8, 4) is 11.8 Å². The largest absolute Gasteiger partial charge is 0.497 e. The summed E-state index contributed by atoms with van der Waals surface area (Å²) in [5.74, 6) is 0.707. The Hall–Kier alpha value is -1.60. The molecule has 0 fully saturated rings. The minimum Gasteiger partial charge on any atom is -0.497 e. The van der Waals surface area contributed by atoms with E-state index in [-0.39, 0.29) is 12.5 Å². The van der Waals surface area contributed by atoms with Gasteiger partial charge in [0.15, 0.2) is 0 Å². The van der Waals surface area contributed by atoms with Gasteiger partial charge in [0, 0.05) is 12.3 Å². The van der Waals surface area contributed by atoms with Gasteiger partial charge in [0.2, 0.25) is 0 Å². The van der Waals surface area contributed by atoms with E-state index in [0.717, 1.165) is 0 Å². The standard InChI is InChI=1S/C9H11N3O/c1-13-7-3-5-12-9(6-7)8(11)2-4-10/h3,5-6,8H,2,11H2,1H3/t8-/m0/s1. The first-order valence-corrected chi connectivity index (χ1v) is 3.90. The second-order valence-corrected chi connectivity index (χ2v) is 2.59. The fourth-order valence-electron chi connectivity index (χ4n) is 0.961. The molecule has 0 aromatic carbocycles. The van der Waals surface area contributed by atoms with Crippen LogP contribution in [0.4, 0.5) is 0 Å². The Bertz CT molecular complexity index is 319. The van der Waals surface area contributed by atoms with Crippen molar-refractivity contribution in [1.82, 2.24) is 4.98 Å². The maximum absolute atomic E-state index is 8.44. The monoisotopic (exact) mass is 177 g/mol. The number of hydrogen-bond acceptors (Lipinski definition) is 4. The molecule has 0 aliphatic rings. The highest BCUT2D eigenvalue weighted by Crippen LogP contribution is 2.16. The van der Waals surface area contributed by atoms with E-state index in [9.17, 15) is 0 Å². The van der Waals surface area contributed by atoms with Crippen LogP contribution in [0, 0.1) is 11.3 Å². The summed E-state index contributed by atoms with van der Waals surface area (Å²) < 4.78 is 5.00. The molecular formula is C9H11N3O. The Morgan fingerprint density at radius 1 is 1.77 bits per heavy atom. The lowest BCUT2D eigenvalue weighted by Gasteiger charge is -2.07. The van der Waals surface area contributed by atoms with Crippen LogP contribution in [-0.2, 0) is 0 Å². The van der Waals surface area contributed by atoms with Crippen molar-refractivity contribution in [3.05, 3.63) is 24.0 Å². The van der Waals surface area contributed by atoms with E-state index >= 15 is 0 Å². The number of ether oxygens (including phenoxy) is 1. The summed E-state index contributed by atoms with van der Waals surface area (Å²) in [6, 6.07) is 5.14. The topological polar surface area (TPSA) is 71.9 Å². The van der Waals surface area contributed by atoms with Gasteiger partial charge in [0.25, 0.3) is 0 Å². The molecule has 0 amide bonds. The number of aromatic nitrogens is 1. The summed E-state index contributed by atoms with van der Waals surface area (Å²) in [7, 11) is 1.58. The average molecular weight is 177 g/mol. The fraction of sp³-hybridized carbons (Fsp3) is 0.333. The van der Waals surface area contributed by atoms with Crippen molar-refractivity contribution >= 4 is 0 Å². The molecule has 4 nitrogen and oxygen atoms in total. The lowest BCUT2D eigenvalue weighted by Crippen LogP contribution is -2.10. The Labute approximate surface area is 77.0 Å². The Balaban J connectivity index is 2.83. The molecule has 0 saturated carbocycles. The molecule has 1 aromatic heterocycles. The maximum atomic E-state index is 8.44. The quantitative estimate of drug-likeness (QED) is 0.747. The molecular weight excluding hydrogens is 166 g/mol. The highest BCUT2D eigenvalue weighted by atomic mass is 16.5. The van der Waals surface area contributed by atoms with E-state index in [1.807, 2.05) is 6.07 Å². The van der Waals surface area contributed by atoms with Crippen LogP contribution in [0.2, 0.25) is 0 Å². The van der Waals surface area contributed by atoms with Gasteiger partial charge in [0.05, 0.1) is 31.3 Å². The lowest BCUT2D eigenvalue weighted by molar-refractivity contribution is 0.413. The summed E-state index contributed by atoms with van der Waals surface area (Å²) in [5, 5.41) is 8.44. The van der Waals surface area contributed by atoms with Crippen molar-refractivity contribution in [2.45, 2.75) is 12.5 Å². The van der Waals surface area contributed by atoms with Crippen LogP contribution in [0.3, 0.4) is 0 Å². The van der Waals surface area contributed by atoms with Gasteiger partial charge in [0.1, 0.15) is 5.75 Å². The molecule has 1 heterocycles. The first-order chi connectivity index (χ1) is 6.27. The van der Waals surface area contributed by atoms with Gasteiger partial charge in [-0.2, -0.15) is 5.26 Å². The van der Waals surface area contributed by atoms with Crippen LogP contribution in [0.25, 0.3) is 0 Å². The van der Waals surface area contributed by atoms with E-state index in [1.54, 1.807) is 25.4 Å². The van der Waals surface area contributed by atoms with Crippen LogP contribution < -0.4 is 10.5 Å². The summed E-state index contributed by atoms with van der Waals surface area (Å²) in [5.41, 5.74) is 6.37. The first kappa shape index (κ1) is 9.49. The van der Waals surface area contributed by atoms with Crippen molar-refractivity contribution in [3.63, 3.8) is 0 Å². The predicted octanol–water partition coefficient (Wildman–Crippen LogP) is 1.00. The third kappa shape index (κ3) is 2.42. The molecule has 0 bridgehead atoms. The van der Waals surface area contributed by atoms with Gasteiger partial charge < -0.3 is 10.5 Å². The molecule has 68 valence electrons.